The summed E-state index contributed by atoms with van der Waals surface area (Å²) in [5, 5.41) is 25.2. The molecule has 0 spiro atoms. The van der Waals surface area contributed by atoms with Crippen LogP contribution in [0.1, 0.15) is 31.2 Å². The molecule has 29 heavy (non-hydrogen) atoms. The second kappa shape index (κ2) is 6.89. The van der Waals surface area contributed by atoms with Crippen molar-refractivity contribution in [2.45, 2.75) is 32.1 Å². The molecule has 5 rings (SSSR count). The van der Waals surface area contributed by atoms with Crippen LogP contribution in [-0.4, -0.2) is 52.4 Å². The fraction of sp³-hybridized carbons (Fsp3) is 0.429. The topological polar surface area (TPSA) is 95.5 Å². The number of ether oxygens (including phenoxy) is 2. The van der Waals surface area contributed by atoms with Gasteiger partial charge in [-0.3, -0.25) is 0 Å². The van der Waals surface area contributed by atoms with Crippen molar-refractivity contribution in [1.82, 2.24) is 15.4 Å². The number of nitrogens with zero attached hydrogens (tertiary/aromatic N) is 3. The third-order valence-corrected chi connectivity index (χ3v) is 5.50. The van der Waals surface area contributed by atoms with Gasteiger partial charge in [0.15, 0.2) is 6.23 Å². The molecule has 1 atom stereocenters. The molecule has 0 amide bonds. The van der Waals surface area contributed by atoms with Crippen LogP contribution < -0.4 is 15.0 Å². The minimum Gasteiger partial charge on any atom is -0.487 e. The van der Waals surface area contributed by atoms with E-state index in [9.17, 15) is 5.11 Å². The molecule has 0 bridgehead atoms. The highest BCUT2D eigenvalue weighted by Gasteiger charge is 2.32. The first-order chi connectivity index (χ1) is 14.0. The Morgan fingerprint density at radius 1 is 1.21 bits per heavy atom. The lowest BCUT2D eigenvalue weighted by atomic mass is 10.0. The Bertz CT molecular complexity index is 1040. The number of morpholine rings is 1. The second-order valence-corrected chi connectivity index (χ2v) is 8.20. The van der Waals surface area contributed by atoms with E-state index in [0.29, 0.717) is 24.3 Å². The van der Waals surface area contributed by atoms with E-state index in [1.54, 1.807) is 0 Å². The van der Waals surface area contributed by atoms with Crippen molar-refractivity contribution in [3.63, 3.8) is 0 Å². The molecule has 2 aromatic carbocycles. The van der Waals surface area contributed by atoms with E-state index in [-0.39, 0.29) is 5.60 Å². The van der Waals surface area contributed by atoms with Crippen molar-refractivity contribution in [3.05, 3.63) is 41.5 Å². The first-order valence-electron chi connectivity index (χ1n) is 9.93. The highest BCUT2D eigenvalue weighted by molar-refractivity contribution is 5.79. The predicted octanol–water partition coefficient (Wildman–Crippen LogP) is 2.61. The molecule has 1 unspecified atom stereocenters. The molecule has 152 valence electrons. The van der Waals surface area contributed by atoms with Crippen LogP contribution in [0.4, 0.5) is 11.4 Å². The van der Waals surface area contributed by atoms with Gasteiger partial charge in [-0.2, -0.15) is 15.4 Å². The maximum Gasteiger partial charge on any atom is 0.153 e. The van der Waals surface area contributed by atoms with Gasteiger partial charge in [0.1, 0.15) is 22.4 Å². The van der Waals surface area contributed by atoms with Gasteiger partial charge in [-0.15, -0.1) is 0 Å². The van der Waals surface area contributed by atoms with Gasteiger partial charge in [0.05, 0.1) is 24.6 Å². The molecule has 3 N–H and O–H groups in total. The van der Waals surface area contributed by atoms with Gasteiger partial charge in [0.25, 0.3) is 0 Å². The Labute approximate surface area is 168 Å². The number of aromatic amines is 1. The average Bonchev–Trinajstić information content (AvgIpc) is 3.30. The molecule has 0 aliphatic carbocycles. The first kappa shape index (κ1) is 18.2. The van der Waals surface area contributed by atoms with Crippen LogP contribution >= 0.6 is 0 Å². The van der Waals surface area contributed by atoms with E-state index in [1.165, 1.54) is 0 Å². The number of benzene rings is 2. The van der Waals surface area contributed by atoms with Crippen LogP contribution in [0.25, 0.3) is 11.0 Å². The number of hydrogen-bond donors (Lipinski definition) is 3. The van der Waals surface area contributed by atoms with Crippen molar-refractivity contribution in [3.8, 4) is 5.75 Å². The number of fused-ring (bicyclic) bond motifs is 2. The minimum absolute atomic E-state index is 0.228. The summed E-state index contributed by atoms with van der Waals surface area (Å²) in [5.41, 5.74) is 4.86. The van der Waals surface area contributed by atoms with Gasteiger partial charge in [-0.1, -0.05) is 12.1 Å². The molecule has 1 saturated heterocycles. The summed E-state index contributed by atoms with van der Waals surface area (Å²) < 4.78 is 11.7. The average molecular weight is 395 g/mol. The van der Waals surface area contributed by atoms with Crippen LogP contribution in [0.3, 0.4) is 0 Å². The molecule has 3 aromatic rings. The molecular weight excluding hydrogens is 370 g/mol. The first-order valence-corrected chi connectivity index (χ1v) is 9.93. The largest absolute Gasteiger partial charge is 0.487 e. The summed E-state index contributed by atoms with van der Waals surface area (Å²) in [4.78, 5) is 2.27. The standard InChI is InChI=1S/C21H25N5O3/c1-21(2)12-13-10-16(17(11-18(13)29-21)26-6-8-28-9-7-26)22-20(27)14-4-3-5-15-19(14)24-25-23-15/h3-5,10-11,20,22,27H,6-9,12H2,1-2H3,(H,23,24,25). The Morgan fingerprint density at radius 2 is 2.03 bits per heavy atom. The van der Waals surface area contributed by atoms with Crippen molar-refractivity contribution in [2.75, 3.05) is 36.5 Å². The van der Waals surface area contributed by atoms with E-state index in [0.717, 1.165) is 47.7 Å². The number of aliphatic hydroxyl groups excluding tert-OH is 1. The third kappa shape index (κ3) is 3.38. The fourth-order valence-corrected chi connectivity index (χ4v) is 4.16. The summed E-state index contributed by atoms with van der Waals surface area (Å²) in [7, 11) is 0. The summed E-state index contributed by atoms with van der Waals surface area (Å²) >= 11 is 0. The Kier molecular flexibility index (Phi) is 4.33. The highest BCUT2D eigenvalue weighted by Crippen LogP contribution is 2.42. The smallest absolute Gasteiger partial charge is 0.153 e. The summed E-state index contributed by atoms with van der Waals surface area (Å²) in [6.07, 6.45) is -0.0907. The number of H-pyrrole nitrogens is 1. The zero-order valence-corrected chi connectivity index (χ0v) is 16.6. The summed E-state index contributed by atoms with van der Waals surface area (Å²) in [5.74, 6) is 0.912. The number of rotatable bonds is 4. The lowest BCUT2D eigenvalue weighted by molar-refractivity contribution is 0.122. The summed E-state index contributed by atoms with van der Waals surface area (Å²) in [6.45, 7) is 7.15. The molecule has 0 radical (unpaired) electrons. The van der Waals surface area contributed by atoms with Gasteiger partial charge in [0, 0.05) is 36.7 Å². The third-order valence-electron chi connectivity index (χ3n) is 5.50. The van der Waals surface area contributed by atoms with E-state index < -0.39 is 6.23 Å². The molecule has 3 heterocycles. The molecule has 2 aliphatic heterocycles. The number of para-hydroxylation sites is 1. The number of aromatic nitrogens is 3. The van der Waals surface area contributed by atoms with Crippen LogP contribution in [0.5, 0.6) is 5.75 Å². The summed E-state index contributed by atoms with van der Waals surface area (Å²) in [6, 6.07) is 9.77. The van der Waals surface area contributed by atoms with Crippen molar-refractivity contribution in [2.24, 2.45) is 0 Å². The quantitative estimate of drug-likeness (QED) is 0.585. The molecule has 2 aliphatic rings. The van der Waals surface area contributed by atoms with Crippen LogP contribution in [-0.2, 0) is 11.2 Å². The number of hydrogen-bond acceptors (Lipinski definition) is 7. The fourth-order valence-electron chi connectivity index (χ4n) is 4.16. The zero-order chi connectivity index (χ0) is 20.0. The molecule has 1 aromatic heterocycles. The Balaban J connectivity index is 1.52. The lowest BCUT2D eigenvalue weighted by Gasteiger charge is -2.31. The van der Waals surface area contributed by atoms with Crippen molar-refractivity contribution < 1.29 is 14.6 Å². The van der Waals surface area contributed by atoms with Gasteiger partial charge in [-0.05, 0) is 26.0 Å². The zero-order valence-electron chi connectivity index (χ0n) is 16.6. The van der Waals surface area contributed by atoms with E-state index >= 15 is 0 Å². The molecule has 0 saturated carbocycles. The number of aliphatic hydroxyl groups is 1. The highest BCUT2D eigenvalue weighted by atomic mass is 16.5. The molecule has 8 nitrogen and oxygen atoms in total. The van der Waals surface area contributed by atoms with Gasteiger partial charge in [0.2, 0.25) is 0 Å². The minimum atomic E-state index is -0.919. The predicted molar refractivity (Wildman–Crippen MR) is 110 cm³/mol. The van der Waals surface area contributed by atoms with Crippen LogP contribution in [0.2, 0.25) is 0 Å². The second-order valence-electron chi connectivity index (χ2n) is 8.20. The Hall–Kier alpha value is -2.84. The lowest BCUT2D eigenvalue weighted by Crippen LogP contribution is -2.36. The molecule has 1 fully saturated rings. The van der Waals surface area contributed by atoms with E-state index in [1.807, 2.05) is 18.2 Å². The SMILES string of the molecule is CC1(C)Cc2cc(NC(O)c3cccc4n[nH]nc34)c(N3CCOCC3)cc2O1. The molecular formula is C21H25N5O3. The van der Waals surface area contributed by atoms with Gasteiger partial charge >= 0.3 is 0 Å². The van der Waals surface area contributed by atoms with Gasteiger partial charge in [-0.25, -0.2) is 0 Å². The van der Waals surface area contributed by atoms with Crippen LogP contribution in [0.15, 0.2) is 30.3 Å². The van der Waals surface area contributed by atoms with Gasteiger partial charge < -0.3 is 24.8 Å². The van der Waals surface area contributed by atoms with E-state index in [4.69, 9.17) is 9.47 Å². The molecule has 8 heteroatoms. The maximum absolute atomic E-state index is 11.0. The maximum atomic E-state index is 11.0. The number of anilines is 2. The van der Waals surface area contributed by atoms with Crippen molar-refractivity contribution in [1.29, 1.82) is 0 Å². The Morgan fingerprint density at radius 3 is 2.86 bits per heavy atom. The monoisotopic (exact) mass is 395 g/mol. The van der Waals surface area contributed by atoms with Crippen LogP contribution in [0, 0.1) is 0 Å². The normalized spacial score (nSPS) is 19.1. The van der Waals surface area contributed by atoms with E-state index in [2.05, 4.69) is 51.6 Å². The number of nitrogens with one attached hydrogen (secondary N) is 2. The van der Waals surface area contributed by atoms with Crippen molar-refractivity contribution >= 4 is 22.4 Å².